The first-order chi connectivity index (χ1) is 16.0. The van der Waals surface area contributed by atoms with Crippen LogP contribution < -0.4 is 5.32 Å². The minimum Gasteiger partial charge on any atom is -0.357 e. The van der Waals surface area contributed by atoms with E-state index in [-0.39, 0.29) is 29.9 Å². The Balaban J connectivity index is 1.79. The summed E-state index contributed by atoms with van der Waals surface area (Å²) in [6, 6.07) is 22.5. The first-order valence-corrected chi connectivity index (χ1v) is 12.1. The standard InChI is InChI=1S/C26H26ClFN2O2S/c1-29-26(32)24(15-19-5-3-2-4-6-19)30(16-20-7-11-22(27)12-8-20)25(31)18-33-17-21-9-13-23(28)14-10-21/h2-14,24H,15-18H2,1H3,(H,29,32). The Bertz CT molecular complexity index is 1050. The predicted octanol–water partition coefficient (Wildman–Crippen LogP) is 5.10. The maximum atomic E-state index is 13.3. The van der Waals surface area contributed by atoms with Crippen molar-refractivity contribution in [1.82, 2.24) is 10.2 Å². The van der Waals surface area contributed by atoms with Crippen molar-refractivity contribution in [2.75, 3.05) is 12.8 Å². The molecule has 0 aliphatic heterocycles. The molecule has 3 aromatic rings. The van der Waals surface area contributed by atoms with E-state index in [1.54, 1.807) is 36.2 Å². The highest BCUT2D eigenvalue weighted by Gasteiger charge is 2.29. The molecular weight excluding hydrogens is 459 g/mol. The molecular formula is C26H26ClFN2O2S. The van der Waals surface area contributed by atoms with Crippen molar-refractivity contribution in [3.05, 3.63) is 106 Å². The number of rotatable bonds is 10. The summed E-state index contributed by atoms with van der Waals surface area (Å²) < 4.78 is 13.1. The van der Waals surface area contributed by atoms with E-state index in [1.165, 1.54) is 23.9 Å². The Morgan fingerprint density at radius 3 is 2.21 bits per heavy atom. The molecule has 0 aliphatic carbocycles. The second kappa shape index (κ2) is 12.4. The van der Waals surface area contributed by atoms with Crippen LogP contribution in [0.1, 0.15) is 16.7 Å². The summed E-state index contributed by atoms with van der Waals surface area (Å²) in [7, 11) is 1.58. The molecule has 0 heterocycles. The summed E-state index contributed by atoms with van der Waals surface area (Å²) >= 11 is 7.46. The number of carbonyl (C=O) groups is 2. The maximum Gasteiger partial charge on any atom is 0.242 e. The summed E-state index contributed by atoms with van der Waals surface area (Å²) in [4.78, 5) is 27.8. The molecule has 0 aliphatic rings. The molecule has 1 atom stereocenters. The van der Waals surface area contributed by atoms with Crippen LogP contribution in [0.3, 0.4) is 0 Å². The Morgan fingerprint density at radius 2 is 1.58 bits per heavy atom. The van der Waals surface area contributed by atoms with Gasteiger partial charge in [0.2, 0.25) is 11.8 Å². The van der Waals surface area contributed by atoms with E-state index >= 15 is 0 Å². The Hall–Kier alpha value is -2.83. The van der Waals surface area contributed by atoms with Crippen LogP contribution in [-0.4, -0.2) is 35.6 Å². The van der Waals surface area contributed by atoms with Crippen molar-refractivity contribution in [1.29, 1.82) is 0 Å². The fraction of sp³-hybridized carbons (Fsp3) is 0.231. The lowest BCUT2D eigenvalue weighted by Gasteiger charge is -2.31. The Morgan fingerprint density at radius 1 is 0.939 bits per heavy atom. The number of nitrogens with one attached hydrogen (secondary N) is 1. The van der Waals surface area contributed by atoms with Gasteiger partial charge in [-0.25, -0.2) is 4.39 Å². The van der Waals surface area contributed by atoms with Gasteiger partial charge in [0.25, 0.3) is 0 Å². The van der Waals surface area contributed by atoms with E-state index in [0.29, 0.717) is 17.2 Å². The zero-order valence-corrected chi connectivity index (χ0v) is 19.9. The summed E-state index contributed by atoms with van der Waals surface area (Å²) in [5.74, 6) is 0.131. The SMILES string of the molecule is CNC(=O)C(Cc1ccccc1)N(Cc1ccc(Cl)cc1)C(=O)CSCc1ccc(F)cc1. The topological polar surface area (TPSA) is 49.4 Å². The number of thioether (sulfide) groups is 1. The van der Waals surface area contributed by atoms with Crippen LogP contribution in [-0.2, 0) is 28.3 Å². The Kier molecular flexibility index (Phi) is 9.34. The van der Waals surface area contributed by atoms with Gasteiger partial charge in [-0.3, -0.25) is 9.59 Å². The lowest BCUT2D eigenvalue weighted by molar-refractivity contribution is -0.139. The summed E-state index contributed by atoms with van der Waals surface area (Å²) in [5, 5.41) is 3.32. The lowest BCUT2D eigenvalue weighted by Crippen LogP contribution is -2.50. The van der Waals surface area contributed by atoms with Gasteiger partial charge in [-0.15, -0.1) is 11.8 Å². The molecule has 7 heteroatoms. The zero-order chi connectivity index (χ0) is 23.6. The molecule has 0 radical (unpaired) electrons. The number of likely N-dealkylation sites (N-methyl/N-ethyl adjacent to an activating group) is 1. The normalized spacial score (nSPS) is 11.6. The molecule has 3 rings (SSSR count). The van der Waals surface area contributed by atoms with Crippen LogP contribution in [0.2, 0.25) is 5.02 Å². The van der Waals surface area contributed by atoms with Gasteiger partial charge in [0.1, 0.15) is 11.9 Å². The highest BCUT2D eigenvalue weighted by Crippen LogP contribution is 2.19. The monoisotopic (exact) mass is 484 g/mol. The van der Waals surface area contributed by atoms with E-state index in [1.807, 2.05) is 42.5 Å². The van der Waals surface area contributed by atoms with Gasteiger partial charge in [-0.1, -0.05) is 66.2 Å². The molecule has 172 valence electrons. The molecule has 0 saturated carbocycles. The smallest absolute Gasteiger partial charge is 0.242 e. The van der Waals surface area contributed by atoms with Gasteiger partial charge in [0.15, 0.2) is 0 Å². The second-order valence-corrected chi connectivity index (χ2v) is 9.01. The van der Waals surface area contributed by atoms with Crippen molar-refractivity contribution >= 4 is 35.2 Å². The van der Waals surface area contributed by atoms with E-state index in [4.69, 9.17) is 11.6 Å². The summed E-state index contributed by atoms with van der Waals surface area (Å²) in [6.45, 7) is 0.290. The molecule has 0 saturated heterocycles. The molecule has 0 aromatic heterocycles. The summed E-state index contributed by atoms with van der Waals surface area (Å²) in [5.41, 5.74) is 2.79. The molecule has 1 unspecified atom stereocenters. The van der Waals surface area contributed by atoms with Gasteiger partial charge in [-0.2, -0.15) is 0 Å². The minimum atomic E-state index is -0.660. The number of nitrogens with zero attached hydrogens (tertiary/aromatic N) is 1. The van der Waals surface area contributed by atoms with Crippen LogP contribution in [0.4, 0.5) is 4.39 Å². The molecule has 1 N–H and O–H groups in total. The maximum absolute atomic E-state index is 13.3. The largest absolute Gasteiger partial charge is 0.357 e. The molecule has 0 bridgehead atoms. The first kappa shape index (κ1) is 24.8. The third kappa shape index (κ3) is 7.62. The number of carbonyl (C=O) groups excluding carboxylic acids is 2. The number of hydrogen-bond donors (Lipinski definition) is 1. The molecule has 2 amide bonds. The lowest BCUT2D eigenvalue weighted by atomic mass is 10.0. The average Bonchev–Trinajstić information content (AvgIpc) is 2.83. The van der Waals surface area contributed by atoms with Crippen molar-refractivity contribution in [3.63, 3.8) is 0 Å². The molecule has 0 spiro atoms. The highest BCUT2D eigenvalue weighted by atomic mass is 35.5. The fourth-order valence-corrected chi connectivity index (χ4v) is 4.42. The van der Waals surface area contributed by atoms with E-state index in [0.717, 1.165) is 16.7 Å². The van der Waals surface area contributed by atoms with Gasteiger partial charge in [0.05, 0.1) is 5.75 Å². The molecule has 4 nitrogen and oxygen atoms in total. The van der Waals surface area contributed by atoms with E-state index in [2.05, 4.69) is 5.32 Å². The van der Waals surface area contributed by atoms with Crippen molar-refractivity contribution < 1.29 is 14.0 Å². The van der Waals surface area contributed by atoms with Crippen LogP contribution >= 0.6 is 23.4 Å². The fourth-order valence-electron chi connectivity index (χ4n) is 3.43. The average molecular weight is 485 g/mol. The molecule has 33 heavy (non-hydrogen) atoms. The number of hydrogen-bond acceptors (Lipinski definition) is 3. The number of benzene rings is 3. The van der Waals surface area contributed by atoms with Gasteiger partial charge in [0, 0.05) is 30.8 Å². The van der Waals surface area contributed by atoms with Crippen molar-refractivity contribution in [3.8, 4) is 0 Å². The van der Waals surface area contributed by atoms with Gasteiger partial charge >= 0.3 is 0 Å². The second-order valence-electron chi connectivity index (χ2n) is 7.59. The number of halogens is 2. The predicted molar refractivity (Wildman–Crippen MR) is 133 cm³/mol. The third-order valence-electron chi connectivity index (χ3n) is 5.19. The Labute approximate surface area is 203 Å². The van der Waals surface area contributed by atoms with Gasteiger partial charge in [-0.05, 0) is 41.0 Å². The first-order valence-electron chi connectivity index (χ1n) is 10.6. The van der Waals surface area contributed by atoms with Crippen LogP contribution in [0, 0.1) is 5.82 Å². The van der Waals surface area contributed by atoms with E-state index in [9.17, 15) is 14.0 Å². The highest BCUT2D eigenvalue weighted by molar-refractivity contribution is 7.99. The quantitative estimate of drug-likeness (QED) is 0.435. The number of amides is 2. The van der Waals surface area contributed by atoms with Crippen molar-refractivity contribution in [2.24, 2.45) is 0 Å². The zero-order valence-electron chi connectivity index (χ0n) is 18.3. The third-order valence-corrected chi connectivity index (χ3v) is 6.43. The van der Waals surface area contributed by atoms with Crippen LogP contribution in [0.25, 0.3) is 0 Å². The van der Waals surface area contributed by atoms with Crippen molar-refractivity contribution in [2.45, 2.75) is 24.8 Å². The van der Waals surface area contributed by atoms with Gasteiger partial charge < -0.3 is 10.2 Å². The minimum absolute atomic E-state index is 0.137. The molecule has 3 aromatic carbocycles. The van der Waals surface area contributed by atoms with E-state index < -0.39 is 6.04 Å². The molecule has 0 fully saturated rings. The van der Waals surface area contributed by atoms with Crippen LogP contribution in [0.15, 0.2) is 78.9 Å². The van der Waals surface area contributed by atoms with Crippen LogP contribution in [0.5, 0.6) is 0 Å². The summed E-state index contributed by atoms with van der Waals surface area (Å²) in [6.07, 6.45) is 0.405.